The van der Waals surface area contributed by atoms with E-state index in [4.69, 9.17) is 0 Å². The van der Waals surface area contributed by atoms with E-state index in [2.05, 4.69) is 25.5 Å². The summed E-state index contributed by atoms with van der Waals surface area (Å²) < 4.78 is 14.5. The lowest BCUT2D eigenvalue weighted by Gasteiger charge is -2.34. The molecule has 1 saturated heterocycles. The maximum atomic E-state index is 14.5. The Hall–Kier alpha value is -3.36. The lowest BCUT2D eigenvalue weighted by molar-refractivity contribution is 0.0691. The number of benzene rings is 1. The molecule has 1 aromatic carbocycles. The van der Waals surface area contributed by atoms with E-state index in [0.717, 1.165) is 23.3 Å². The lowest BCUT2D eigenvalue weighted by Crippen LogP contribution is -2.48. The second-order valence-electron chi connectivity index (χ2n) is 7.61. The summed E-state index contributed by atoms with van der Waals surface area (Å²) in [6, 6.07) is 4.60. The van der Waals surface area contributed by atoms with Crippen LogP contribution in [0.1, 0.15) is 28.9 Å². The number of anilines is 1. The van der Waals surface area contributed by atoms with Gasteiger partial charge in [0.1, 0.15) is 11.5 Å². The van der Waals surface area contributed by atoms with Gasteiger partial charge in [-0.05, 0) is 37.8 Å². The zero-order valence-electron chi connectivity index (χ0n) is 15.9. The number of piperidine rings is 1. The maximum absolute atomic E-state index is 14.5. The Kier molecular flexibility index (Phi) is 4.22. The van der Waals surface area contributed by atoms with Gasteiger partial charge in [0.2, 0.25) is 0 Å². The van der Waals surface area contributed by atoms with Crippen LogP contribution in [-0.2, 0) is 0 Å². The van der Waals surface area contributed by atoms with Crippen LogP contribution < -0.4 is 5.32 Å². The zero-order valence-corrected chi connectivity index (χ0v) is 15.9. The van der Waals surface area contributed by atoms with Crippen molar-refractivity contribution in [2.45, 2.75) is 31.8 Å². The van der Waals surface area contributed by atoms with Crippen molar-refractivity contribution in [2.75, 3.05) is 11.9 Å². The summed E-state index contributed by atoms with van der Waals surface area (Å²) >= 11 is 0. The minimum absolute atomic E-state index is 0.0253. The van der Waals surface area contributed by atoms with E-state index in [-0.39, 0.29) is 29.2 Å². The van der Waals surface area contributed by atoms with Crippen LogP contribution in [0.15, 0.2) is 43.0 Å². The fraction of sp³-hybridized carbons (Fsp3) is 0.350. The number of likely N-dealkylation sites (tertiary alicyclic amines) is 1. The van der Waals surface area contributed by atoms with E-state index in [9.17, 15) is 9.18 Å². The number of hydrogen-bond acceptors (Lipinski definition) is 6. The van der Waals surface area contributed by atoms with Gasteiger partial charge in [0.05, 0.1) is 42.1 Å². The van der Waals surface area contributed by atoms with Crippen molar-refractivity contribution >= 4 is 11.7 Å². The molecule has 3 heterocycles. The third kappa shape index (κ3) is 3.12. The lowest BCUT2D eigenvalue weighted by atomic mass is 10.0. The molecule has 2 bridgehead atoms. The number of nitrogens with one attached hydrogen (secondary N) is 1. The number of halogens is 1. The van der Waals surface area contributed by atoms with Gasteiger partial charge < -0.3 is 10.2 Å². The number of hydrogen-bond donors (Lipinski definition) is 1. The minimum Gasteiger partial charge on any atom is -0.364 e. The second-order valence-corrected chi connectivity index (χ2v) is 7.61. The van der Waals surface area contributed by atoms with Crippen molar-refractivity contribution in [3.63, 3.8) is 0 Å². The van der Waals surface area contributed by atoms with Crippen LogP contribution in [0.2, 0.25) is 0 Å². The number of rotatable bonds is 4. The molecule has 3 atom stereocenters. The molecule has 148 valence electrons. The standard InChI is InChI=1S/C20H20FN7O/c1-12-9-23-18(10-22-12)26-16-7-13-8-17(16)27(11-13)20(29)14-3-2-4-15(21)19(14)28-24-5-6-25-28/h2-6,9-10,13,16-17H,7-8,11H2,1H3,(H,23,26)/t13-,16-,17+/m1/s1. The molecule has 2 aliphatic rings. The summed E-state index contributed by atoms with van der Waals surface area (Å²) in [6.07, 6.45) is 8.24. The number of carbonyl (C=O) groups is 1. The normalized spacial score (nSPS) is 22.8. The van der Waals surface area contributed by atoms with Crippen LogP contribution >= 0.6 is 0 Å². The number of aromatic nitrogens is 5. The number of carbonyl (C=O) groups excluding carboxylic acids is 1. The Bertz CT molecular complexity index is 1040. The Balaban J connectivity index is 1.41. The monoisotopic (exact) mass is 393 g/mol. The molecule has 2 aromatic heterocycles. The van der Waals surface area contributed by atoms with Crippen LogP contribution in [0.3, 0.4) is 0 Å². The van der Waals surface area contributed by atoms with Crippen LogP contribution in [-0.4, -0.2) is 54.4 Å². The molecule has 5 rings (SSSR count). The van der Waals surface area contributed by atoms with Crippen LogP contribution in [0.5, 0.6) is 0 Å². The molecular weight excluding hydrogens is 373 g/mol. The topological polar surface area (TPSA) is 88.8 Å². The molecule has 0 spiro atoms. The maximum Gasteiger partial charge on any atom is 0.256 e. The summed E-state index contributed by atoms with van der Waals surface area (Å²) in [7, 11) is 0. The highest BCUT2D eigenvalue weighted by molar-refractivity contribution is 5.98. The third-order valence-corrected chi connectivity index (χ3v) is 5.69. The van der Waals surface area contributed by atoms with Crippen LogP contribution in [0.4, 0.5) is 10.2 Å². The predicted octanol–water partition coefficient (Wildman–Crippen LogP) is 2.22. The number of nitrogens with zero attached hydrogens (tertiary/aromatic N) is 6. The number of para-hydroxylation sites is 1. The Morgan fingerprint density at radius 1 is 1.17 bits per heavy atom. The smallest absolute Gasteiger partial charge is 0.256 e. The third-order valence-electron chi connectivity index (χ3n) is 5.69. The van der Waals surface area contributed by atoms with Gasteiger partial charge in [0.15, 0.2) is 5.82 Å². The SMILES string of the molecule is Cc1cnc(N[C@@H]2C[C@@H]3C[C@@H]2N(C(=O)c2cccc(F)c2-n2nccn2)C3)cn1. The van der Waals surface area contributed by atoms with Gasteiger partial charge in [-0.1, -0.05) is 6.07 Å². The Morgan fingerprint density at radius 3 is 2.72 bits per heavy atom. The fourth-order valence-electron chi connectivity index (χ4n) is 4.45. The first-order valence-corrected chi connectivity index (χ1v) is 9.61. The number of aryl methyl sites for hydroxylation is 1. The highest BCUT2D eigenvalue weighted by Crippen LogP contribution is 2.40. The summed E-state index contributed by atoms with van der Waals surface area (Å²) in [4.78, 5) is 25.0. The molecule has 0 unspecified atom stereocenters. The Labute approximate surface area is 166 Å². The first-order chi connectivity index (χ1) is 14.1. The average molecular weight is 393 g/mol. The summed E-state index contributed by atoms with van der Waals surface area (Å²) in [5.74, 6) is 0.388. The first kappa shape index (κ1) is 17.7. The molecule has 1 amide bonds. The fourth-order valence-corrected chi connectivity index (χ4v) is 4.45. The second kappa shape index (κ2) is 6.91. The van der Waals surface area contributed by atoms with Gasteiger partial charge in [-0.15, -0.1) is 4.80 Å². The van der Waals surface area contributed by atoms with Gasteiger partial charge in [0.25, 0.3) is 5.91 Å². The molecule has 2 fully saturated rings. The highest BCUT2D eigenvalue weighted by atomic mass is 19.1. The Morgan fingerprint density at radius 2 is 2.00 bits per heavy atom. The molecule has 1 saturated carbocycles. The van der Waals surface area contributed by atoms with Gasteiger partial charge in [-0.25, -0.2) is 9.37 Å². The van der Waals surface area contributed by atoms with E-state index in [1.165, 1.54) is 18.5 Å². The van der Waals surface area contributed by atoms with Crippen molar-refractivity contribution in [3.05, 3.63) is 60.1 Å². The summed E-state index contributed by atoms with van der Waals surface area (Å²) in [5, 5.41) is 11.4. The molecule has 29 heavy (non-hydrogen) atoms. The summed E-state index contributed by atoms with van der Waals surface area (Å²) in [5.41, 5.74) is 1.20. The highest BCUT2D eigenvalue weighted by Gasteiger charge is 2.47. The molecule has 1 aliphatic heterocycles. The zero-order chi connectivity index (χ0) is 20.0. The van der Waals surface area contributed by atoms with E-state index in [1.54, 1.807) is 24.5 Å². The van der Waals surface area contributed by atoms with Gasteiger partial charge in [-0.3, -0.25) is 9.78 Å². The van der Waals surface area contributed by atoms with Gasteiger partial charge in [-0.2, -0.15) is 10.2 Å². The first-order valence-electron chi connectivity index (χ1n) is 9.61. The van der Waals surface area contributed by atoms with Crippen LogP contribution in [0.25, 0.3) is 5.69 Å². The van der Waals surface area contributed by atoms with E-state index in [0.29, 0.717) is 18.3 Å². The van der Waals surface area contributed by atoms with Crippen molar-refractivity contribution in [1.29, 1.82) is 0 Å². The molecule has 9 heteroatoms. The number of amides is 1. The molecule has 8 nitrogen and oxygen atoms in total. The molecule has 3 aromatic rings. The van der Waals surface area contributed by atoms with Crippen molar-refractivity contribution in [3.8, 4) is 5.69 Å². The number of fused-ring (bicyclic) bond motifs is 2. The van der Waals surface area contributed by atoms with E-state index < -0.39 is 5.82 Å². The van der Waals surface area contributed by atoms with Crippen molar-refractivity contribution in [2.24, 2.45) is 5.92 Å². The van der Waals surface area contributed by atoms with Gasteiger partial charge in [0, 0.05) is 12.6 Å². The molecule has 0 radical (unpaired) electrons. The molecular formula is C20H20FN7O. The average Bonchev–Trinajstić information content (AvgIpc) is 3.46. The predicted molar refractivity (Wildman–Crippen MR) is 103 cm³/mol. The largest absolute Gasteiger partial charge is 0.364 e. The minimum atomic E-state index is -0.527. The molecule has 1 aliphatic carbocycles. The van der Waals surface area contributed by atoms with Gasteiger partial charge >= 0.3 is 0 Å². The molecule has 1 N–H and O–H groups in total. The quantitative estimate of drug-likeness (QED) is 0.731. The van der Waals surface area contributed by atoms with E-state index in [1.807, 2.05) is 11.8 Å². The van der Waals surface area contributed by atoms with Crippen LogP contribution in [0, 0.1) is 18.7 Å². The summed E-state index contributed by atoms with van der Waals surface area (Å²) in [6.45, 7) is 2.56. The van der Waals surface area contributed by atoms with Crippen molar-refractivity contribution in [1.82, 2.24) is 29.9 Å². The van der Waals surface area contributed by atoms with E-state index >= 15 is 0 Å². The van der Waals surface area contributed by atoms with Crippen molar-refractivity contribution < 1.29 is 9.18 Å².